The second-order valence-electron chi connectivity index (χ2n) is 3.56. The Kier molecular flexibility index (Phi) is 5.64. The van der Waals surface area contributed by atoms with Crippen LogP contribution in [-0.2, 0) is 9.53 Å². The van der Waals surface area contributed by atoms with E-state index in [0.717, 1.165) is 0 Å². The zero-order chi connectivity index (χ0) is 15.3. The van der Waals surface area contributed by atoms with Crippen LogP contribution in [0.15, 0.2) is 6.07 Å². The van der Waals surface area contributed by atoms with Gasteiger partial charge in [0, 0.05) is 0 Å². The summed E-state index contributed by atoms with van der Waals surface area (Å²) in [5, 5.41) is 0.0435. The molecule has 0 saturated carbocycles. The molecule has 0 atom stereocenters. The summed E-state index contributed by atoms with van der Waals surface area (Å²) in [6.45, 7) is 1.69. The SMILES string of the molecule is CCOC(=O)C(=O)c1cc(OC)c(OC)c(Cl)c1OC. The molecule has 0 fully saturated rings. The first-order chi connectivity index (χ1) is 9.51. The van der Waals surface area contributed by atoms with E-state index in [-0.39, 0.29) is 34.4 Å². The fourth-order valence-electron chi connectivity index (χ4n) is 1.61. The van der Waals surface area contributed by atoms with Gasteiger partial charge in [-0.2, -0.15) is 0 Å². The number of benzene rings is 1. The summed E-state index contributed by atoms with van der Waals surface area (Å²) < 4.78 is 19.9. The van der Waals surface area contributed by atoms with Gasteiger partial charge in [0.05, 0.1) is 33.5 Å². The van der Waals surface area contributed by atoms with E-state index < -0.39 is 11.8 Å². The monoisotopic (exact) mass is 302 g/mol. The van der Waals surface area contributed by atoms with Gasteiger partial charge in [0.1, 0.15) is 5.02 Å². The van der Waals surface area contributed by atoms with Gasteiger partial charge in [-0.1, -0.05) is 11.6 Å². The number of carbonyl (C=O) groups excluding carboxylic acids is 2. The largest absolute Gasteiger partial charge is 0.494 e. The van der Waals surface area contributed by atoms with Crippen molar-refractivity contribution in [1.29, 1.82) is 0 Å². The zero-order valence-electron chi connectivity index (χ0n) is 11.6. The van der Waals surface area contributed by atoms with Crippen molar-refractivity contribution in [2.45, 2.75) is 6.92 Å². The van der Waals surface area contributed by atoms with Crippen molar-refractivity contribution in [1.82, 2.24) is 0 Å². The third-order valence-corrected chi connectivity index (χ3v) is 2.82. The maximum absolute atomic E-state index is 12.0. The molecule has 0 radical (unpaired) electrons. The summed E-state index contributed by atoms with van der Waals surface area (Å²) in [4.78, 5) is 23.6. The van der Waals surface area contributed by atoms with Crippen molar-refractivity contribution in [3.05, 3.63) is 16.7 Å². The molecule has 0 heterocycles. The van der Waals surface area contributed by atoms with Gasteiger partial charge in [-0.3, -0.25) is 4.79 Å². The topological polar surface area (TPSA) is 71.1 Å². The Hall–Kier alpha value is -1.95. The summed E-state index contributed by atoms with van der Waals surface area (Å²) in [6, 6.07) is 1.32. The van der Waals surface area contributed by atoms with Crippen molar-refractivity contribution < 1.29 is 28.5 Å². The highest BCUT2D eigenvalue weighted by Crippen LogP contribution is 2.44. The molecule has 0 aliphatic rings. The van der Waals surface area contributed by atoms with Crippen LogP contribution in [0.1, 0.15) is 17.3 Å². The molecule has 0 amide bonds. The molecule has 0 spiro atoms. The van der Waals surface area contributed by atoms with E-state index in [4.69, 9.17) is 25.8 Å². The Morgan fingerprint density at radius 2 is 1.70 bits per heavy atom. The predicted octanol–water partition coefficient (Wildman–Crippen LogP) is 2.11. The maximum atomic E-state index is 12.0. The van der Waals surface area contributed by atoms with Gasteiger partial charge in [-0.05, 0) is 13.0 Å². The minimum absolute atomic E-state index is 0.0300. The number of Topliss-reactive ketones (excluding diaryl/α,β-unsaturated/α-hetero) is 1. The Morgan fingerprint density at radius 1 is 1.10 bits per heavy atom. The first-order valence-electron chi connectivity index (χ1n) is 5.71. The van der Waals surface area contributed by atoms with Gasteiger partial charge in [-0.25, -0.2) is 4.79 Å². The van der Waals surface area contributed by atoms with E-state index in [1.54, 1.807) is 6.92 Å². The summed E-state index contributed by atoms with van der Waals surface area (Å²) in [5.41, 5.74) is -0.0476. The van der Waals surface area contributed by atoms with Crippen molar-refractivity contribution in [3.8, 4) is 17.2 Å². The van der Waals surface area contributed by atoms with Crippen LogP contribution in [0.5, 0.6) is 17.2 Å². The first-order valence-corrected chi connectivity index (χ1v) is 6.09. The normalized spacial score (nSPS) is 9.85. The van der Waals surface area contributed by atoms with E-state index >= 15 is 0 Å². The van der Waals surface area contributed by atoms with Gasteiger partial charge in [0.2, 0.25) is 0 Å². The molecule has 110 valence electrons. The summed E-state index contributed by atoms with van der Waals surface area (Å²) in [6.07, 6.45) is 0. The molecule has 0 N–H and O–H groups in total. The van der Waals surface area contributed by atoms with Gasteiger partial charge < -0.3 is 18.9 Å². The Labute approximate surface area is 121 Å². The minimum Gasteiger partial charge on any atom is -0.494 e. The molecule has 0 saturated heterocycles. The Balaban J connectivity index is 3.42. The number of carbonyl (C=O) groups is 2. The number of ketones is 1. The molecule has 1 aromatic rings. The molecule has 1 rings (SSSR count). The standard InChI is InChI=1S/C13H15ClO6/c1-5-20-13(16)10(15)7-6-8(17-2)12(19-4)9(14)11(7)18-3/h6H,5H2,1-4H3. The average Bonchev–Trinajstić information content (AvgIpc) is 2.45. The number of esters is 1. The number of methoxy groups -OCH3 is 3. The lowest BCUT2D eigenvalue weighted by Gasteiger charge is -2.15. The van der Waals surface area contributed by atoms with Gasteiger partial charge >= 0.3 is 5.97 Å². The van der Waals surface area contributed by atoms with E-state index in [1.165, 1.54) is 27.4 Å². The molecule has 0 aromatic heterocycles. The molecule has 1 aromatic carbocycles. The molecular formula is C13H15ClO6. The number of ether oxygens (including phenoxy) is 4. The fourth-order valence-corrected chi connectivity index (χ4v) is 1.96. The molecule has 0 aliphatic heterocycles. The predicted molar refractivity (Wildman–Crippen MR) is 72.1 cm³/mol. The number of halogens is 1. The number of hydrogen-bond donors (Lipinski definition) is 0. The molecule has 0 unspecified atom stereocenters. The summed E-state index contributed by atoms with van der Waals surface area (Å²) in [7, 11) is 4.12. The van der Waals surface area contributed by atoms with Crippen LogP contribution in [0.4, 0.5) is 0 Å². The van der Waals surface area contributed by atoms with E-state index in [0.29, 0.717) is 0 Å². The van der Waals surface area contributed by atoms with Crippen molar-refractivity contribution in [2.75, 3.05) is 27.9 Å². The quantitative estimate of drug-likeness (QED) is 0.455. The lowest BCUT2D eigenvalue weighted by atomic mass is 10.1. The number of rotatable bonds is 6. The Morgan fingerprint density at radius 3 is 2.15 bits per heavy atom. The van der Waals surface area contributed by atoms with Crippen LogP contribution < -0.4 is 14.2 Å². The highest BCUT2D eigenvalue weighted by atomic mass is 35.5. The first kappa shape index (κ1) is 16.1. The average molecular weight is 303 g/mol. The highest BCUT2D eigenvalue weighted by Gasteiger charge is 2.27. The zero-order valence-corrected chi connectivity index (χ0v) is 12.4. The molecule has 6 nitrogen and oxygen atoms in total. The van der Waals surface area contributed by atoms with Crippen LogP contribution >= 0.6 is 11.6 Å². The van der Waals surface area contributed by atoms with Crippen LogP contribution in [-0.4, -0.2) is 39.7 Å². The summed E-state index contributed by atoms with van der Waals surface area (Å²) in [5.74, 6) is -1.40. The molecular weight excluding hydrogens is 288 g/mol. The van der Waals surface area contributed by atoms with Crippen LogP contribution in [0.3, 0.4) is 0 Å². The van der Waals surface area contributed by atoms with Crippen molar-refractivity contribution in [3.63, 3.8) is 0 Å². The van der Waals surface area contributed by atoms with E-state index in [1.807, 2.05) is 0 Å². The lowest BCUT2D eigenvalue weighted by Crippen LogP contribution is -2.18. The highest BCUT2D eigenvalue weighted by molar-refractivity contribution is 6.43. The van der Waals surface area contributed by atoms with Gasteiger partial charge in [-0.15, -0.1) is 0 Å². The number of hydrogen-bond acceptors (Lipinski definition) is 6. The van der Waals surface area contributed by atoms with Crippen LogP contribution in [0, 0.1) is 0 Å². The molecule has 20 heavy (non-hydrogen) atoms. The second-order valence-corrected chi connectivity index (χ2v) is 3.93. The van der Waals surface area contributed by atoms with Crippen LogP contribution in [0.2, 0.25) is 5.02 Å². The van der Waals surface area contributed by atoms with Crippen molar-refractivity contribution in [2.24, 2.45) is 0 Å². The molecule has 0 aliphatic carbocycles. The Bertz CT molecular complexity index is 526. The fraction of sp³-hybridized carbons (Fsp3) is 0.385. The third-order valence-electron chi connectivity index (χ3n) is 2.48. The maximum Gasteiger partial charge on any atom is 0.379 e. The minimum atomic E-state index is -0.992. The lowest BCUT2D eigenvalue weighted by molar-refractivity contribution is -0.137. The smallest absolute Gasteiger partial charge is 0.379 e. The van der Waals surface area contributed by atoms with Gasteiger partial charge in [0.15, 0.2) is 17.2 Å². The third kappa shape index (κ3) is 2.96. The second kappa shape index (κ2) is 7.00. The van der Waals surface area contributed by atoms with Crippen molar-refractivity contribution >= 4 is 23.4 Å². The van der Waals surface area contributed by atoms with E-state index in [9.17, 15) is 9.59 Å². The van der Waals surface area contributed by atoms with Crippen LogP contribution in [0.25, 0.3) is 0 Å². The summed E-state index contributed by atoms with van der Waals surface area (Å²) >= 11 is 6.09. The van der Waals surface area contributed by atoms with E-state index in [2.05, 4.69) is 4.74 Å². The van der Waals surface area contributed by atoms with Gasteiger partial charge in [0.25, 0.3) is 5.78 Å². The molecule has 7 heteroatoms. The molecule has 0 bridgehead atoms.